The van der Waals surface area contributed by atoms with Crippen LogP contribution in [-0.2, 0) is 18.9 Å². The highest BCUT2D eigenvalue weighted by Gasteiger charge is 2.58. The van der Waals surface area contributed by atoms with Crippen LogP contribution in [0.25, 0.3) is 0 Å². The molecule has 2 saturated heterocycles. The standard InChI is InChI=1S/C45H81NO4/c1-6-8-10-12-14-16-18-20-22-24-26-28-30-32-34-36-38-45(49-42-41(40-46(3)4)48-44(47-5)43(42)50-45)39-37-35-33-31-29-27-25-23-21-19-17-15-13-11-9-7-2/h14-17,20-23,41-44H,6-13,18-19,24-40H2,1-5H3/b16-14-,17-15-,22-20-,23-21-/t41-,42-,43?,44?/m0/s1. The van der Waals surface area contributed by atoms with Gasteiger partial charge in [0.2, 0.25) is 0 Å². The molecule has 0 aromatic carbocycles. The molecule has 0 aliphatic carbocycles. The third-order valence-corrected chi connectivity index (χ3v) is 10.3. The maximum Gasteiger partial charge on any atom is 0.186 e. The first-order valence-electron chi connectivity index (χ1n) is 21.3. The van der Waals surface area contributed by atoms with Crippen molar-refractivity contribution in [2.75, 3.05) is 27.7 Å². The van der Waals surface area contributed by atoms with Crippen molar-refractivity contribution in [3.8, 4) is 0 Å². The minimum absolute atomic E-state index is 0.0199. The van der Waals surface area contributed by atoms with Crippen LogP contribution in [0.15, 0.2) is 48.6 Å². The van der Waals surface area contributed by atoms with Gasteiger partial charge in [0.15, 0.2) is 12.1 Å². The number of likely N-dealkylation sites (N-methyl/N-ethyl adjacent to an activating group) is 1. The van der Waals surface area contributed by atoms with E-state index < -0.39 is 5.79 Å². The molecule has 2 aliphatic heterocycles. The van der Waals surface area contributed by atoms with Gasteiger partial charge in [-0.05, 0) is 91.1 Å². The van der Waals surface area contributed by atoms with E-state index >= 15 is 0 Å². The van der Waals surface area contributed by atoms with Crippen LogP contribution in [0.2, 0.25) is 0 Å². The summed E-state index contributed by atoms with van der Waals surface area (Å²) >= 11 is 0. The van der Waals surface area contributed by atoms with Gasteiger partial charge in [-0.25, -0.2) is 0 Å². The molecule has 0 N–H and O–H groups in total. The van der Waals surface area contributed by atoms with Crippen molar-refractivity contribution in [2.45, 2.75) is 211 Å². The predicted molar refractivity (Wildman–Crippen MR) is 215 cm³/mol. The molecule has 5 heteroatoms. The van der Waals surface area contributed by atoms with Gasteiger partial charge in [-0.3, -0.25) is 0 Å². The Bertz CT molecular complexity index is 848. The lowest BCUT2D eigenvalue weighted by Gasteiger charge is -2.32. The lowest BCUT2D eigenvalue weighted by atomic mass is 9.98. The molecule has 50 heavy (non-hydrogen) atoms. The summed E-state index contributed by atoms with van der Waals surface area (Å²) in [6, 6.07) is 0. The summed E-state index contributed by atoms with van der Waals surface area (Å²) in [6.45, 7) is 5.35. The normalized spacial score (nSPS) is 22.1. The number of nitrogens with zero attached hydrogens (tertiary/aromatic N) is 1. The fourth-order valence-corrected chi connectivity index (χ4v) is 7.31. The largest absolute Gasteiger partial charge is 0.353 e. The zero-order chi connectivity index (χ0) is 36.0. The van der Waals surface area contributed by atoms with Gasteiger partial charge in [0, 0.05) is 26.5 Å². The van der Waals surface area contributed by atoms with Gasteiger partial charge >= 0.3 is 0 Å². The molecule has 0 aromatic rings. The van der Waals surface area contributed by atoms with Crippen LogP contribution in [0.4, 0.5) is 0 Å². The maximum absolute atomic E-state index is 6.89. The second-order valence-corrected chi connectivity index (χ2v) is 15.3. The third-order valence-electron chi connectivity index (χ3n) is 10.3. The van der Waals surface area contributed by atoms with Gasteiger partial charge < -0.3 is 23.8 Å². The molecule has 0 bridgehead atoms. The third kappa shape index (κ3) is 20.7. The average molecular weight is 700 g/mol. The van der Waals surface area contributed by atoms with E-state index in [9.17, 15) is 0 Å². The maximum atomic E-state index is 6.89. The predicted octanol–water partition coefficient (Wildman–Crippen LogP) is 12.8. The van der Waals surface area contributed by atoms with E-state index in [4.69, 9.17) is 18.9 Å². The number of hydrogen-bond acceptors (Lipinski definition) is 5. The first kappa shape index (κ1) is 44.9. The molecule has 2 heterocycles. The molecule has 2 unspecified atom stereocenters. The highest BCUT2D eigenvalue weighted by atomic mass is 16.8. The highest BCUT2D eigenvalue weighted by Crippen LogP contribution is 2.44. The summed E-state index contributed by atoms with van der Waals surface area (Å²) in [4.78, 5) is 2.17. The van der Waals surface area contributed by atoms with Crippen LogP contribution < -0.4 is 0 Å². The molecule has 0 radical (unpaired) electrons. The Labute approximate surface area is 310 Å². The SMILES string of the molecule is CCCCC/C=C\C/C=C\CCCCCCCCC1(CCCCCCCC/C=C\C/C=C\CCCCC)OC2C(OC)O[C@@H](CN(C)C)[C@@H]2O1. The minimum atomic E-state index is -0.495. The van der Waals surface area contributed by atoms with Crippen LogP contribution in [0.3, 0.4) is 0 Å². The van der Waals surface area contributed by atoms with Gasteiger partial charge in [0.05, 0.1) is 0 Å². The Morgan fingerprint density at radius 1 is 0.520 bits per heavy atom. The topological polar surface area (TPSA) is 40.2 Å². The Hall–Kier alpha value is -1.24. The average Bonchev–Trinajstić information content (AvgIpc) is 3.63. The van der Waals surface area contributed by atoms with Crippen LogP contribution in [0.5, 0.6) is 0 Å². The summed E-state index contributed by atoms with van der Waals surface area (Å²) in [6.07, 6.45) is 50.5. The Balaban J connectivity index is 1.66. The Morgan fingerprint density at radius 3 is 1.34 bits per heavy atom. The first-order chi connectivity index (χ1) is 24.5. The molecule has 0 aromatic heterocycles. The van der Waals surface area contributed by atoms with Crippen LogP contribution >= 0.6 is 0 Å². The van der Waals surface area contributed by atoms with Crippen molar-refractivity contribution in [2.24, 2.45) is 0 Å². The minimum Gasteiger partial charge on any atom is -0.353 e. The summed E-state index contributed by atoms with van der Waals surface area (Å²) in [7, 11) is 5.92. The number of rotatable bonds is 33. The number of allylic oxidation sites excluding steroid dienone is 8. The summed E-state index contributed by atoms with van der Waals surface area (Å²) in [5.74, 6) is -0.495. The molecule has 290 valence electrons. The zero-order valence-corrected chi connectivity index (χ0v) is 33.6. The number of methoxy groups -OCH3 is 1. The van der Waals surface area contributed by atoms with E-state index in [0.717, 1.165) is 45.1 Å². The molecule has 0 spiro atoms. The molecule has 2 rings (SSSR count). The van der Waals surface area contributed by atoms with Gasteiger partial charge in [-0.1, -0.05) is 140 Å². The lowest BCUT2D eigenvalue weighted by Crippen LogP contribution is -2.39. The van der Waals surface area contributed by atoms with Crippen molar-refractivity contribution < 1.29 is 18.9 Å². The van der Waals surface area contributed by atoms with Gasteiger partial charge in [-0.15, -0.1) is 0 Å². The van der Waals surface area contributed by atoms with Crippen LogP contribution in [0, 0.1) is 0 Å². The van der Waals surface area contributed by atoms with Crippen molar-refractivity contribution >= 4 is 0 Å². The Morgan fingerprint density at radius 2 is 0.920 bits per heavy atom. The van der Waals surface area contributed by atoms with Crippen LogP contribution in [0.1, 0.15) is 181 Å². The van der Waals surface area contributed by atoms with E-state index in [-0.39, 0.29) is 24.6 Å². The number of ether oxygens (including phenoxy) is 4. The van der Waals surface area contributed by atoms with E-state index in [1.807, 2.05) is 0 Å². The summed E-state index contributed by atoms with van der Waals surface area (Å²) in [5.41, 5.74) is 0. The summed E-state index contributed by atoms with van der Waals surface area (Å²) in [5, 5.41) is 0. The lowest BCUT2D eigenvalue weighted by molar-refractivity contribution is -0.248. The van der Waals surface area contributed by atoms with Crippen molar-refractivity contribution in [1.82, 2.24) is 4.90 Å². The number of unbranched alkanes of at least 4 members (excludes halogenated alkanes) is 18. The smallest absolute Gasteiger partial charge is 0.186 e. The van der Waals surface area contributed by atoms with Crippen molar-refractivity contribution in [3.05, 3.63) is 48.6 Å². The molecule has 5 nitrogen and oxygen atoms in total. The second kappa shape index (κ2) is 30.2. The molecular formula is C45H81NO4. The molecule has 2 aliphatic rings. The van der Waals surface area contributed by atoms with Crippen molar-refractivity contribution in [1.29, 1.82) is 0 Å². The molecule has 4 atom stereocenters. The quantitative estimate of drug-likeness (QED) is 0.0504. The van der Waals surface area contributed by atoms with E-state index in [1.54, 1.807) is 7.11 Å². The Kier molecular flexibility index (Phi) is 27.2. The molecule has 0 saturated carbocycles. The van der Waals surface area contributed by atoms with E-state index in [0.29, 0.717) is 0 Å². The van der Waals surface area contributed by atoms with E-state index in [1.165, 1.54) is 128 Å². The zero-order valence-electron chi connectivity index (χ0n) is 33.6. The molecular weight excluding hydrogens is 618 g/mol. The molecule has 0 amide bonds. The monoisotopic (exact) mass is 700 g/mol. The van der Waals surface area contributed by atoms with Crippen molar-refractivity contribution in [3.63, 3.8) is 0 Å². The first-order valence-corrected chi connectivity index (χ1v) is 21.3. The fraction of sp³-hybridized carbons (Fsp3) is 0.822. The van der Waals surface area contributed by atoms with Crippen LogP contribution in [-0.4, -0.2) is 63.0 Å². The number of fused-ring (bicyclic) bond motifs is 1. The van der Waals surface area contributed by atoms with Gasteiger partial charge in [0.1, 0.15) is 18.3 Å². The second-order valence-electron chi connectivity index (χ2n) is 15.3. The fourth-order valence-electron chi connectivity index (χ4n) is 7.31. The number of hydrogen-bond donors (Lipinski definition) is 0. The van der Waals surface area contributed by atoms with Gasteiger partial charge in [-0.2, -0.15) is 0 Å². The van der Waals surface area contributed by atoms with E-state index in [2.05, 4.69) is 81.5 Å². The summed E-state index contributed by atoms with van der Waals surface area (Å²) < 4.78 is 25.7. The molecule has 2 fully saturated rings. The highest BCUT2D eigenvalue weighted by molar-refractivity contribution is 4.98. The van der Waals surface area contributed by atoms with Gasteiger partial charge in [0.25, 0.3) is 0 Å².